The minimum absolute atomic E-state index is 0.212. The summed E-state index contributed by atoms with van der Waals surface area (Å²) < 4.78 is 9.68. The summed E-state index contributed by atoms with van der Waals surface area (Å²) in [6, 6.07) is 8.20. The van der Waals surface area contributed by atoms with Gasteiger partial charge in [0.15, 0.2) is 0 Å². The minimum Gasteiger partial charge on any atom is -0.464 e. The highest BCUT2D eigenvalue weighted by atomic mass is 16.6. The second-order valence-corrected chi connectivity index (χ2v) is 6.35. The van der Waals surface area contributed by atoms with Crippen LogP contribution in [-0.2, 0) is 25.5 Å². The molecule has 1 aromatic carbocycles. The molecule has 0 unspecified atom stereocenters. The number of carbonyl (C=O) groups is 3. The number of esters is 1. The Kier molecular flexibility index (Phi) is 7.17. The van der Waals surface area contributed by atoms with E-state index in [0.29, 0.717) is 0 Å². The molecule has 0 saturated heterocycles. The van der Waals surface area contributed by atoms with E-state index in [0.717, 1.165) is 5.56 Å². The molecule has 7 nitrogen and oxygen atoms in total. The van der Waals surface area contributed by atoms with Crippen LogP contribution in [0, 0.1) is 0 Å². The second-order valence-electron chi connectivity index (χ2n) is 6.35. The van der Waals surface area contributed by atoms with Crippen LogP contribution in [0.4, 0.5) is 4.79 Å². The van der Waals surface area contributed by atoms with Gasteiger partial charge in [0.05, 0.1) is 7.11 Å². The van der Waals surface area contributed by atoms with Crippen molar-refractivity contribution in [2.45, 2.75) is 38.8 Å². The molecule has 0 radical (unpaired) electrons. The van der Waals surface area contributed by atoms with Crippen LogP contribution in [0.1, 0.15) is 26.3 Å². The van der Waals surface area contributed by atoms with Gasteiger partial charge in [0.2, 0.25) is 5.91 Å². The summed E-state index contributed by atoms with van der Waals surface area (Å²) in [6.07, 6.45) is -0.507. The van der Waals surface area contributed by atoms with Crippen molar-refractivity contribution >= 4 is 18.0 Å². The number of hydrogen-bond donors (Lipinski definition) is 2. The molecule has 2 N–H and O–H groups in total. The van der Waals surface area contributed by atoms with Crippen LogP contribution >= 0.6 is 0 Å². The summed E-state index contributed by atoms with van der Waals surface area (Å²) in [5.41, 5.74) is -0.0769. The highest BCUT2D eigenvalue weighted by Crippen LogP contribution is 2.09. The van der Waals surface area contributed by atoms with Gasteiger partial charge in [-0.1, -0.05) is 36.9 Å². The normalized spacial score (nSPS) is 11.8. The summed E-state index contributed by atoms with van der Waals surface area (Å²) >= 11 is 0. The first-order chi connectivity index (χ1) is 11.6. The van der Waals surface area contributed by atoms with Crippen molar-refractivity contribution in [3.05, 3.63) is 48.2 Å². The summed E-state index contributed by atoms with van der Waals surface area (Å²) in [7, 11) is 1.18. The molecule has 0 heterocycles. The van der Waals surface area contributed by atoms with Gasteiger partial charge in [-0.2, -0.15) is 0 Å². The number of ether oxygens (including phenoxy) is 2. The van der Waals surface area contributed by atoms with E-state index in [2.05, 4.69) is 21.9 Å². The first-order valence-electron chi connectivity index (χ1n) is 7.74. The molecule has 2 amide bonds. The number of benzene rings is 1. The molecule has 0 aliphatic carbocycles. The predicted molar refractivity (Wildman–Crippen MR) is 92.6 cm³/mol. The van der Waals surface area contributed by atoms with Gasteiger partial charge in [0.1, 0.15) is 17.3 Å². The van der Waals surface area contributed by atoms with Gasteiger partial charge in [-0.15, -0.1) is 0 Å². The third-order valence-electron chi connectivity index (χ3n) is 3.00. The fourth-order valence-electron chi connectivity index (χ4n) is 1.92. The fraction of sp³-hybridized carbons (Fsp3) is 0.389. The topological polar surface area (TPSA) is 93.7 Å². The second kappa shape index (κ2) is 8.86. The van der Waals surface area contributed by atoms with Gasteiger partial charge in [0, 0.05) is 6.42 Å². The molecule has 0 aliphatic rings. The lowest BCUT2D eigenvalue weighted by atomic mass is 10.1. The van der Waals surface area contributed by atoms with E-state index in [1.54, 1.807) is 20.8 Å². The van der Waals surface area contributed by atoms with E-state index in [-0.39, 0.29) is 12.1 Å². The van der Waals surface area contributed by atoms with Gasteiger partial charge < -0.3 is 20.1 Å². The molecule has 1 aromatic rings. The van der Waals surface area contributed by atoms with Crippen LogP contribution in [0.5, 0.6) is 0 Å². The Morgan fingerprint density at radius 1 is 1.16 bits per heavy atom. The summed E-state index contributed by atoms with van der Waals surface area (Å²) in [5, 5.41) is 4.86. The monoisotopic (exact) mass is 348 g/mol. The number of amides is 2. The maximum absolute atomic E-state index is 12.4. The largest absolute Gasteiger partial charge is 0.464 e. The maximum Gasteiger partial charge on any atom is 0.408 e. The Labute approximate surface area is 147 Å². The van der Waals surface area contributed by atoms with Gasteiger partial charge in [-0.25, -0.2) is 9.59 Å². The molecule has 136 valence electrons. The van der Waals surface area contributed by atoms with E-state index in [9.17, 15) is 14.4 Å². The Hall–Kier alpha value is -2.83. The lowest BCUT2D eigenvalue weighted by Gasteiger charge is -2.23. The third kappa shape index (κ3) is 7.52. The molecule has 0 aromatic heterocycles. The van der Waals surface area contributed by atoms with Crippen LogP contribution < -0.4 is 10.6 Å². The molecular weight excluding hydrogens is 324 g/mol. The zero-order chi connectivity index (χ0) is 19.0. The highest BCUT2D eigenvalue weighted by Gasteiger charge is 2.26. The first-order valence-corrected chi connectivity index (χ1v) is 7.74. The number of nitrogens with one attached hydrogen (secondary N) is 2. The SMILES string of the molecule is C=C(NC(=O)[C@@H](Cc1ccccc1)NC(=O)OC(C)(C)C)C(=O)OC. The van der Waals surface area contributed by atoms with Gasteiger partial charge in [-0.05, 0) is 26.3 Å². The molecule has 0 aliphatic heterocycles. The quantitative estimate of drug-likeness (QED) is 0.605. The average Bonchev–Trinajstić information content (AvgIpc) is 2.52. The first kappa shape index (κ1) is 20.2. The van der Waals surface area contributed by atoms with Gasteiger partial charge in [0.25, 0.3) is 0 Å². The molecule has 25 heavy (non-hydrogen) atoms. The van der Waals surface area contributed by atoms with Crippen LogP contribution in [0.15, 0.2) is 42.6 Å². The van der Waals surface area contributed by atoms with Crippen LogP contribution in [-0.4, -0.2) is 36.7 Å². The number of alkyl carbamates (subject to hydrolysis) is 1. The molecule has 0 saturated carbocycles. The van der Waals surface area contributed by atoms with Crippen LogP contribution in [0.25, 0.3) is 0 Å². The lowest BCUT2D eigenvalue weighted by Crippen LogP contribution is -2.49. The number of hydrogen-bond acceptors (Lipinski definition) is 5. The van der Waals surface area contributed by atoms with E-state index >= 15 is 0 Å². The fourth-order valence-corrected chi connectivity index (χ4v) is 1.92. The molecular formula is C18H24N2O5. The average molecular weight is 348 g/mol. The van der Waals surface area contributed by atoms with Crippen molar-refractivity contribution < 1.29 is 23.9 Å². The Balaban J connectivity index is 2.86. The smallest absolute Gasteiger partial charge is 0.408 e. The lowest BCUT2D eigenvalue weighted by molar-refractivity contribution is -0.138. The molecule has 0 spiro atoms. The van der Waals surface area contributed by atoms with Crippen molar-refractivity contribution in [1.82, 2.24) is 10.6 Å². The Morgan fingerprint density at radius 2 is 1.76 bits per heavy atom. The maximum atomic E-state index is 12.4. The zero-order valence-corrected chi connectivity index (χ0v) is 14.9. The van der Waals surface area contributed by atoms with E-state index in [1.165, 1.54) is 7.11 Å². The molecule has 0 fully saturated rings. The van der Waals surface area contributed by atoms with Crippen LogP contribution in [0.2, 0.25) is 0 Å². The van der Waals surface area contributed by atoms with Crippen molar-refractivity contribution in [2.24, 2.45) is 0 Å². The Bertz CT molecular complexity index is 635. The summed E-state index contributed by atoms with van der Waals surface area (Å²) in [5.74, 6) is -1.35. The zero-order valence-electron chi connectivity index (χ0n) is 14.9. The standard InChI is InChI=1S/C18H24N2O5/c1-12(16(22)24-5)19-15(21)14(11-13-9-7-6-8-10-13)20-17(23)25-18(2,3)4/h6-10,14H,1,11H2,2-5H3,(H,19,21)(H,20,23)/t14-/m1/s1. The number of methoxy groups -OCH3 is 1. The van der Waals surface area contributed by atoms with E-state index < -0.39 is 29.6 Å². The van der Waals surface area contributed by atoms with Crippen molar-refractivity contribution in [1.29, 1.82) is 0 Å². The predicted octanol–water partition coefficient (Wildman–Crippen LogP) is 1.93. The van der Waals surface area contributed by atoms with Gasteiger partial charge >= 0.3 is 12.1 Å². The van der Waals surface area contributed by atoms with Crippen molar-refractivity contribution in [3.63, 3.8) is 0 Å². The highest BCUT2D eigenvalue weighted by molar-refractivity contribution is 5.95. The molecule has 1 rings (SSSR count). The van der Waals surface area contributed by atoms with Crippen molar-refractivity contribution in [2.75, 3.05) is 7.11 Å². The summed E-state index contributed by atoms with van der Waals surface area (Å²) in [4.78, 5) is 35.8. The molecule has 0 bridgehead atoms. The Morgan fingerprint density at radius 3 is 2.28 bits per heavy atom. The van der Waals surface area contributed by atoms with Crippen molar-refractivity contribution in [3.8, 4) is 0 Å². The molecule has 1 atom stereocenters. The molecule has 7 heteroatoms. The summed E-state index contributed by atoms with van der Waals surface area (Å²) in [6.45, 7) is 8.60. The van der Waals surface area contributed by atoms with Gasteiger partial charge in [-0.3, -0.25) is 4.79 Å². The van der Waals surface area contributed by atoms with E-state index in [4.69, 9.17) is 4.74 Å². The minimum atomic E-state index is -0.946. The number of rotatable bonds is 6. The van der Waals surface area contributed by atoms with E-state index in [1.807, 2.05) is 30.3 Å². The number of carbonyl (C=O) groups excluding carboxylic acids is 3. The van der Waals surface area contributed by atoms with Crippen LogP contribution in [0.3, 0.4) is 0 Å². The third-order valence-corrected chi connectivity index (χ3v) is 3.00.